The summed E-state index contributed by atoms with van der Waals surface area (Å²) in [6.07, 6.45) is 7.67. The number of rotatable bonds is 3. The normalized spacial score (nSPS) is 20.8. The molecule has 1 aliphatic heterocycles. The van der Waals surface area contributed by atoms with Crippen LogP contribution >= 0.6 is 0 Å². The monoisotopic (exact) mass is 276 g/mol. The summed E-state index contributed by atoms with van der Waals surface area (Å²) in [6, 6.07) is 0. The van der Waals surface area contributed by atoms with E-state index >= 15 is 0 Å². The molecule has 1 fully saturated rings. The Morgan fingerprint density at radius 3 is 2.50 bits per heavy atom. The molecule has 0 radical (unpaired) electrons. The summed E-state index contributed by atoms with van der Waals surface area (Å²) in [6.45, 7) is 10.1. The van der Waals surface area contributed by atoms with Crippen molar-refractivity contribution in [2.24, 2.45) is 11.3 Å². The molecule has 1 aromatic rings. The molecule has 4 heteroatoms. The van der Waals surface area contributed by atoms with Gasteiger partial charge < -0.3 is 10.2 Å². The summed E-state index contributed by atoms with van der Waals surface area (Å²) >= 11 is 0. The summed E-state index contributed by atoms with van der Waals surface area (Å²) in [5.41, 5.74) is 1.55. The van der Waals surface area contributed by atoms with E-state index in [4.69, 9.17) is 0 Å². The average Bonchev–Trinajstić information content (AvgIpc) is 2.65. The molecule has 0 bridgehead atoms. The van der Waals surface area contributed by atoms with Gasteiger partial charge in [-0.15, -0.1) is 0 Å². The molecule has 1 unspecified atom stereocenters. The number of nitrogens with one attached hydrogen (secondary N) is 1. The van der Waals surface area contributed by atoms with Crippen LogP contribution in [0.2, 0.25) is 0 Å². The molecule has 2 heterocycles. The molecular weight excluding hydrogens is 248 g/mol. The predicted octanol–water partition coefficient (Wildman–Crippen LogP) is 2.85. The number of aromatic nitrogens is 2. The molecule has 1 aliphatic rings. The lowest BCUT2D eigenvalue weighted by Gasteiger charge is -2.29. The van der Waals surface area contributed by atoms with Crippen LogP contribution in [0.25, 0.3) is 0 Å². The van der Waals surface area contributed by atoms with Crippen molar-refractivity contribution in [3.8, 4) is 0 Å². The van der Waals surface area contributed by atoms with Gasteiger partial charge >= 0.3 is 0 Å². The molecular formula is C16H28N4. The van der Waals surface area contributed by atoms with Gasteiger partial charge in [-0.2, -0.15) is 0 Å². The number of nitrogens with zero attached hydrogens (tertiary/aromatic N) is 3. The van der Waals surface area contributed by atoms with E-state index in [1.807, 2.05) is 19.4 Å². The summed E-state index contributed by atoms with van der Waals surface area (Å²) in [5.74, 6) is 1.69. The summed E-state index contributed by atoms with van der Waals surface area (Å²) in [4.78, 5) is 11.4. The zero-order chi connectivity index (χ0) is 14.6. The largest absolute Gasteiger partial charge is 0.341 e. The van der Waals surface area contributed by atoms with Gasteiger partial charge in [0.1, 0.15) is 0 Å². The maximum Gasteiger partial charge on any atom is 0.225 e. The molecule has 0 saturated carbocycles. The van der Waals surface area contributed by atoms with E-state index in [1.54, 1.807) is 0 Å². The minimum atomic E-state index is 0.410. The molecule has 0 spiro atoms. The van der Waals surface area contributed by atoms with E-state index in [0.717, 1.165) is 37.1 Å². The van der Waals surface area contributed by atoms with Crippen LogP contribution in [-0.2, 0) is 6.54 Å². The molecule has 112 valence electrons. The fourth-order valence-corrected chi connectivity index (χ4v) is 2.97. The van der Waals surface area contributed by atoms with Gasteiger partial charge in [-0.1, -0.05) is 20.8 Å². The van der Waals surface area contributed by atoms with Crippen molar-refractivity contribution in [1.82, 2.24) is 15.3 Å². The second kappa shape index (κ2) is 6.53. The molecule has 0 aliphatic carbocycles. The molecule has 1 atom stereocenters. The Morgan fingerprint density at radius 2 is 1.90 bits per heavy atom. The number of hydrogen-bond donors (Lipinski definition) is 1. The van der Waals surface area contributed by atoms with Crippen molar-refractivity contribution in [3.05, 3.63) is 18.0 Å². The van der Waals surface area contributed by atoms with E-state index in [0.29, 0.717) is 5.41 Å². The molecule has 1 N–H and O–H groups in total. The Bertz CT molecular complexity index is 407. The lowest BCUT2D eigenvalue weighted by atomic mass is 9.77. The Morgan fingerprint density at radius 1 is 1.20 bits per heavy atom. The fourth-order valence-electron chi connectivity index (χ4n) is 2.97. The van der Waals surface area contributed by atoms with Gasteiger partial charge in [-0.3, -0.25) is 0 Å². The Hall–Kier alpha value is -1.16. The van der Waals surface area contributed by atoms with Crippen LogP contribution in [0.1, 0.15) is 45.6 Å². The molecule has 0 amide bonds. The van der Waals surface area contributed by atoms with Crippen LogP contribution in [0.4, 0.5) is 5.95 Å². The van der Waals surface area contributed by atoms with Crippen LogP contribution in [0, 0.1) is 11.3 Å². The number of hydrogen-bond acceptors (Lipinski definition) is 4. The Labute approximate surface area is 123 Å². The third-order valence-corrected chi connectivity index (χ3v) is 4.31. The van der Waals surface area contributed by atoms with Gasteiger partial charge in [-0.05, 0) is 37.6 Å². The highest BCUT2D eigenvalue weighted by atomic mass is 15.2. The second-order valence-corrected chi connectivity index (χ2v) is 6.90. The van der Waals surface area contributed by atoms with Crippen molar-refractivity contribution < 1.29 is 0 Å². The lowest BCUT2D eigenvalue weighted by molar-refractivity contribution is 0.220. The summed E-state index contributed by atoms with van der Waals surface area (Å²) in [7, 11) is 1.94. The maximum atomic E-state index is 4.52. The topological polar surface area (TPSA) is 41.1 Å². The summed E-state index contributed by atoms with van der Waals surface area (Å²) < 4.78 is 0. The van der Waals surface area contributed by atoms with Crippen LogP contribution in [-0.4, -0.2) is 30.1 Å². The van der Waals surface area contributed by atoms with E-state index in [1.165, 1.54) is 19.3 Å². The van der Waals surface area contributed by atoms with Crippen LogP contribution in [0.15, 0.2) is 12.4 Å². The molecule has 0 aromatic carbocycles. The third-order valence-electron chi connectivity index (χ3n) is 4.31. The van der Waals surface area contributed by atoms with Crippen molar-refractivity contribution in [1.29, 1.82) is 0 Å². The smallest absolute Gasteiger partial charge is 0.225 e. The van der Waals surface area contributed by atoms with Gasteiger partial charge in [0.25, 0.3) is 0 Å². The van der Waals surface area contributed by atoms with Crippen molar-refractivity contribution in [2.75, 3.05) is 25.0 Å². The zero-order valence-electron chi connectivity index (χ0n) is 13.3. The first kappa shape index (κ1) is 15.2. The van der Waals surface area contributed by atoms with Gasteiger partial charge in [0, 0.05) is 37.6 Å². The molecule has 20 heavy (non-hydrogen) atoms. The highest BCUT2D eigenvalue weighted by molar-refractivity contribution is 5.30. The first-order chi connectivity index (χ1) is 9.50. The van der Waals surface area contributed by atoms with Crippen LogP contribution in [0.3, 0.4) is 0 Å². The van der Waals surface area contributed by atoms with Crippen molar-refractivity contribution in [3.63, 3.8) is 0 Å². The highest BCUT2D eigenvalue weighted by Crippen LogP contribution is 2.34. The van der Waals surface area contributed by atoms with E-state index < -0.39 is 0 Å². The van der Waals surface area contributed by atoms with Gasteiger partial charge in [0.05, 0.1) is 0 Å². The van der Waals surface area contributed by atoms with Gasteiger partial charge in [-0.25, -0.2) is 9.97 Å². The average molecular weight is 276 g/mol. The van der Waals surface area contributed by atoms with Crippen molar-refractivity contribution in [2.45, 2.75) is 46.6 Å². The minimum Gasteiger partial charge on any atom is -0.341 e. The van der Waals surface area contributed by atoms with E-state index in [9.17, 15) is 0 Å². The van der Waals surface area contributed by atoms with Crippen LogP contribution < -0.4 is 10.2 Å². The molecule has 2 rings (SSSR count). The first-order valence-electron chi connectivity index (χ1n) is 7.71. The quantitative estimate of drug-likeness (QED) is 0.921. The Balaban J connectivity index is 1.99. The van der Waals surface area contributed by atoms with Gasteiger partial charge in [0.15, 0.2) is 0 Å². The minimum absolute atomic E-state index is 0.410. The fraction of sp³-hybridized carbons (Fsp3) is 0.750. The summed E-state index contributed by atoms with van der Waals surface area (Å²) in [5, 5.41) is 3.12. The van der Waals surface area contributed by atoms with E-state index in [2.05, 4.69) is 41.0 Å². The van der Waals surface area contributed by atoms with Crippen molar-refractivity contribution >= 4 is 5.95 Å². The third kappa shape index (κ3) is 3.92. The molecule has 1 aromatic heterocycles. The molecule has 1 saturated heterocycles. The van der Waals surface area contributed by atoms with Crippen LogP contribution in [0.5, 0.6) is 0 Å². The zero-order valence-corrected chi connectivity index (χ0v) is 13.3. The number of anilines is 1. The Kier molecular flexibility index (Phi) is 4.97. The molecule has 4 nitrogen and oxygen atoms in total. The highest BCUT2D eigenvalue weighted by Gasteiger charge is 2.27. The predicted molar refractivity (Wildman–Crippen MR) is 83.8 cm³/mol. The second-order valence-electron chi connectivity index (χ2n) is 6.90. The van der Waals surface area contributed by atoms with Gasteiger partial charge in [0.2, 0.25) is 5.95 Å². The lowest BCUT2D eigenvalue weighted by Crippen LogP contribution is -2.27. The maximum absolute atomic E-state index is 4.52. The standard InChI is InChI=1S/C16H28N4/c1-16(2,3)14-6-5-8-20(9-7-14)15-18-11-13(10-17-4)12-19-15/h11-12,14,17H,5-10H2,1-4H3. The van der Waals surface area contributed by atoms with E-state index in [-0.39, 0.29) is 0 Å². The SMILES string of the molecule is CNCc1cnc(N2CCCC(C(C)(C)C)CC2)nc1. The first-order valence-corrected chi connectivity index (χ1v) is 7.71.